The maximum Gasteiger partial charge on any atom is 0.166 e. The van der Waals surface area contributed by atoms with Gasteiger partial charge in [0.05, 0.1) is 12.2 Å². The Morgan fingerprint density at radius 1 is 1.13 bits per heavy atom. The summed E-state index contributed by atoms with van der Waals surface area (Å²) in [6.45, 7) is 0. The first-order chi connectivity index (χ1) is 7.36. The molecule has 1 aliphatic heterocycles. The van der Waals surface area contributed by atoms with E-state index in [0.717, 1.165) is 31.3 Å². The minimum Gasteiger partial charge on any atom is -0.369 e. The van der Waals surface area contributed by atoms with Crippen LogP contribution < -0.4 is 0 Å². The van der Waals surface area contributed by atoms with Gasteiger partial charge in [-0.05, 0) is 32.1 Å². The lowest BCUT2D eigenvalue weighted by Crippen LogP contribution is -2.45. The Kier molecular flexibility index (Phi) is 2.39. The number of Topliss-reactive ketones (excluding diaryl/α,β-unsaturated/α-hetero) is 1. The molecule has 3 atom stereocenters. The van der Waals surface area contributed by atoms with Crippen molar-refractivity contribution in [1.29, 1.82) is 0 Å². The summed E-state index contributed by atoms with van der Waals surface area (Å²) in [5, 5.41) is 0. The van der Waals surface area contributed by atoms with Crippen LogP contribution in [0.25, 0.3) is 0 Å². The number of hydrogen-bond acceptors (Lipinski definition) is 2. The molecule has 1 saturated carbocycles. The van der Waals surface area contributed by atoms with Crippen LogP contribution in [0.1, 0.15) is 44.9 Å². The molecule has 0 aromatic rings. The van der Waals surface area contributed by atoms with Crippen LogP contribution in [0.5, 0.6) is 0 Å². The van der Waals surface area contributed by atoms with Gasteiger partial charge in [0.25, 0.3) is 0 Å². The summed E-state index contributed by atoms with van der Waals surface area (Å²) in [4.78, 5) is 12.2. The van der Waals surface area contributed by atoms with E-state index in [4.69, 9.17) is 4.74 Å². The molecule has 0 bridgehead atoms. The van der Waals surface area contributed by atoms with Gasteiger partial charge in [-0.15, -0.1) is 0 Å². The fourth-order valence-corrected chi connectivity index (χ4v) is 3.23. The highest BCUT2D eigenvalue weighted by Crippen LogP contribution is 2.38. The van der Waals surface area contributed by atoms with Gasteiger partial charge in [0.15, 0.2) is 5.78 Å². The van der Waals surface area contributed by atoms with E-state index in [-0.39, 0.29) is 18.1 Å². The molecular weight excluding hydrogens is 188 g/mol. The van der Waals surface area contributed by atoms with E-state index in [1.54, 1.807) is 0 Å². The van der Waals surface area contributed by atoms with Crippen LogP contribution >= 0.6 is 0 Å². The zero-order valence-electron chi connectivity index (χ0n) is 9.08. The second kappa shape index (κ2) is 3.75. The van der Waals surface area contributed by atoms with Gasteiger partial charge in [0, 0.05) is 11.5 Å². The molecule has 1 saturated heterocycles. The van der Waals surface area contributed by atoms with Crippen LogP contribution in [-0.2, 0) is 9.53 Å². The standard InChI is InChI=1S/C13H18O2/c14-13-9-5-1-3-7-11(9)15-12-8-4-2-6-10(12)13/h5,10-12H,1-4,6-8H2. The van der Waals surface area contributed by atoms with E-state index in [2.05, 4.69) is 6.08 Å². The smallest absolute Gasteiger partial charge is 0.166 e. The van der Waals surface area contributed by atoms with E-state index in [9.17, 15) is 4.79 Å². The van der Waals surface area contributed by atoms with Crippen LogP contribution in [0.2, 0.25) is 0 Å². The molecule has 2 fully saturated rings. The van der Waals surface area contributed by atoms with Crippen LogP contribution in [0.4, 0.5) is 0 Å². The largest absolute Gasteiger partial charge is 0.369 e. The molecule has 82 valence electrons. The molecule has 0 spiro atoms. The quantitative estimate of drug-likeness (QED) is 0.609. The van der Waals surface area contributed by atoms with Gasteiger partial charge in [0.1, 0.15) is 0 Å². The van der Waals surface area contributed by atoms with Gasteiger partial charge in [-0.25, -0.2) is 0 Å². The van der Waals surface area contributed by atoms with E-state index in [1.807, 2.05) is 0 Å². The number of carbonyl (C=O) groups is 1. The number of rotatable bonds is 0. The number of hydrogen-bond donors (Lipinski definition) is 0. The monoisotopic (exact) mass is 206 g/mol. The van der Waals surface area contributed by atoms with E-state index in [1.165, 1.54) is 19.3 Å². The number of allylic oxidation sites excluding steroid dienone is 1. The molecule has 0 aromatic heterocycles. The molecular formula is C13H18O2. The fraction of sp³-hybridized carbons (Fsp3) is 0.769. The van der Waals surface area contributed by atoms with Crippen molar-refractivity contribution in [3.8, 4) is 0 Å². The van der Waals surface area contributed by atoms with Crippen molar-refractivity contribution in [2.75, 3.05) is 0 Å². The molecule has 3 unspecified atom stereocenters. The molecule has 2 heteroatoms. The zero-order chi connectivity index (χ0) is 10.3. The van der Waals surface area contributed by atoms with Gasteiger partial charge < -0.3 is 4.74 Å². The minimum absolute atomic E-state index is 0.144. The van der Waals surface area contributed by atoms with Crippen LogP contribution in [0.3, 0.4) is 0 Å². The number of fused-ring (bicyclic) bond motifs is 2. The second-order valence-corrected chi connectivity index (χ2v) is 5.01. The Morgan fingerprint density at radius 3 is 2.93 bits per heavy atom. The van der Waals surface area contributed by atoms with E-state index in [0.29, 0.717) is 5.78 Å². The Hall–Kier alpha value is -0.630. The van der Waals surface area contributed by atoms with Crippen molar-refractivity contribution < 1.29 is 9.53 Å². The van der Waals surface area contributed by atoms with E-state index < -0.39 is 0 Å². The first-order valence-corrected chi connectivity index (χ1v) is 6.26. The first-order valence-electron chi connectivity index (χ1n) is 6.26. The summed E-state index contributed by atoms with van der Waals surface area (Å²) in [6.07, 6.45) is 10.4. The van der Waals surface area contributed by atoms with Crippen molar-refractivity contribution in [3.63, 3.8) is 0 Å². The minimum atomic E-state index is 0.144. The van der Waals surface area contributed by atoms with Crippen molar-refractivity contribution in [1.82, 2.24) is 0 Å². The van der Waals surface area contributed by atoms with Crippen molar-refractivity contribution in [3.05, 3.63) is 11.6 Å². The Morgan fingerprint density at radius 2 is 2.00 bits per heavy atom. The number of carbonyl (C=O) groups excluding carboxylic acids is 1. The van der Waals surface area contributed by atoms with Gasteiger partial charge in [-0.1, -0.05) is 18.9 Å². The molecule has 3 aliphatic rings. The van der Waals surface area contributed by atoms with Crippen LogP contribution in [0, 0.1) is 5.92 Å². The highest BCUT2D eigenvalue weighted by atomic mass is 16.5. The Balaban J connectivity index is 1.87. The number of ether oxygens (including phenoxy) is 1. The van der Waals surface area contributed by atoms with Crippen molar-refractivity contribution in [2.24, 2.45) is 5.92 Å². The van der Waals surface area contributed by atoms with Gasteiger partial charge >= 0.3 is 0 Å². The third-order valence-corrected chi connectivity index (χ3v) is 4.04. The molecule has 1 heterocycles. The fourth-order valence-electron chi connectivity index (χ4n) is 3.23. The summed E-state index contributed by atoms with van der Waals surface area (Å²) >= 11 is 0. The topological polar surface area (TPSA) is 26.3 Å². The normalized spacial score (nSPS) is 40.4. The number of ketones is 1. The molecule has 0 radical (unpaired) electrons. The predicted octanol–water partition coefficient (Wildman–Crippen LogP) is 2.62. The van der Waals surface area contributed by atoms with Gasteiger partial charge in [0.2, 0.25) is 0 Å². The molecule has 2 nitrogen and oxygen atoms in total. The molecule has 15 heavy (non-hydrogen) atoms. The molecule has 0 amide bonds. The zero-order valence-corrected chi connectivity index (χ0v) is 9.08. The molecule has 2 aliphatic carbocycles. The maximum absolute atomic E-state index is 12.2. The molecule has 0 aromatic carbocycles. The lowest BCUT2D eigenvalue weighted by Gasteiger charge is -2.41. The van der Waals surface area contributed by atoms with Gasteiger partial charge in [-0.3, -0.25) is 4.79 Å². The highest BCUT2D eigenvalue weighted by Gasteiger charge is 2.42. The summed E-state index contributed by atoms with van der Waals surface area (Å²) in [6, 6.07) is 0. The van der Waals surface area contributed by atoms with E-state index >= 15 is 0 Å². The molecule has 0 N–H and O–H groups in total. The summed E-state index contributed by atoms with van der Waals surface area (Å²) in [5.41, 5.74) is 1.00. The van der Waals surface area contributed by atoms with Crippen LogP contribution in [-0.4, -0.2) is 18.0 Å². The average Bonchev–Trinajstić information content (AvgIpc) is 2.30. The second-order valence-electron chi connectivity index (χ2n) is 5.01. The SMILES string of the molecule is O=C1C2=CCCCC2OC2CCCCC12. The highest BCUT2D eigenvalue weighted by molar-refractivity contribution is 5.99. The third-order valence-electron chi connectivity index (χ3n) is 4.04. The Bertz CT molecular complexity index is 306. The Labute approximate surface area is 90.7 Å². The first kappa shape index (κ1) is 9.59. The molecule has 3 rings (SSSR count). The average molecular weight is 206 g/mol. The predicted molar refractivity (Wildman–Crippen MR) is 57.6 cm³/mol. The summed E-state index contributed by atoms with van der Waals surface area (Å²) in [5.74, 6) is 0.606. The van der Waals surface area contributed by atoms with Crippen molar-refractivity contribution >= 4 is 5.78 Å². The third kappa shape index (κ3) is 1.55. The summed E-state index contributed by atoms with van der Waals surface area (Å²) in [7, 11) is 0. The summed E-state index contributed by atoms with van der Waals surface area (Å²) < 4.78 is 6.08. The van der Waals surface area contributed by atoms with Gasteiger partial charge in [-0.2, -0.15) is 0 Å². The van der Waals surface area contributed by atoms with Crippen molar-refractivity contribution in [2.45, 2.75) is 57.2 Å². The van der Waals surface area contributed by atoms with Crippen LogP contribution in [0.15, 0.2) is 11.6 Å². The lowest BCUT2D eigenvalue weighted by atomic mass is 9.76. The maximum atomic E-state index is 12.2. The lowest BCUT2D eigenvalue weighted by molar-refractivity contribution is -0.140.